The molecule has 10 heteroatoms. The van der Waals surface area contributed by atoms with E-state index in [1.807, 2.05) is 61.2 Å². The second kappa shape index (κ2) is 18.4. The van der Waals surface area contributed by atoms with Crippen molar-refractivity contribution in [1.82, 2.24) is 14.7 Å². The maximum Gasteiger partial charge on any atom is 0.256 e. The van der Waals surface area contributed by atoms with Crippen LogP contribution in [0.2, 0.25) is 0 Å². The molecular formula is C45H52N5O4Y-. The summed E-state index contributed by atoms with van der Waals surface area (Å²) in [5, 5.41) is 0. The SMILES string of the molecule is C/C=C1\C[C@H]2C=Nc3cc(OCc4cc(COc5cc6c(cc5C)C(=O)N5C/C(=C/C)C[C@H]5C=N6)cc(CN(CC)CCCCC)c4)[c-]cc3C(=O)N2C1.[Y]. The van der Waals surface area contributed by atoms with Gasteiger partial charge in [0.2, 0.25) is 5.91 Å². The Labute approximate surface area is 351 Å². The Hall–Kier alpha value is -3.92. The van der Waals surface area contributed by atoms with Crippen molar-refractivity contribution in [1.29, 1.82) is 0 Å². The molecule has 1 radical (unpaired) electrons. The van der Waals surface area contributed by atoms with Crippen LogP contribution in [-0.4, -0.2) is 77.2 Å². The minimum Gasteiger partial charge on any atom is -0.515 e. The van der Waals surface area contributed by atoms with Crippen LogP contribution in [0.1, 0.15) is 103 Å². The van der Waals surface area contributed by atoms with E-state index in [1.54, 1.807) is 6.07 Å². The molecule has 2 fully saturated rings. The molecule has 7 rings (SSSR count). The minimum absolute atomic E-state index is 0. The zero-order chi connectivity index (χ0) is 37.8. The summed E-state index contributed by atoms with van der Waals surface area (Å²) in [5.41, 5.74) is 9.11. The van der Waals surface area contributed by atoms with Crippen LogP contribution in [0.25, 0.3) is 0 Å². The van der Waals surface area contributed by atoms with Crippen LogP contribution >= 0.6 is 0 Å². The smallest absolute Gasteiger partial charge is 0.256 e. The first-order valence-electron chi connectivity index (χ1n) is 19.5. The van der Waals surface area contributed by atoms with Gasteiger partial charge in [-0.05, 0) is 98.8 Å². The predicted molar refractivity (Wildman–Crippen MR) is 215 cm³/mol. The van der Waals surface area contributed by atoms with Crippen LogP contribution < -0.4 is 9.47 Å². The Morgan fingerprint density at radius 3 is 2.02 bits per heavy atom. The monoisotopic (exact) mass is 815 g/mol. The normalized spacial score (nSPS) is 20.0. The van der Waals surface area contributed by atoms with E-state index in [9.17, 15) is 9.59 Å². The molecule has 55 heavy (non-hydrogen) atoms. The van der Waals surface area contributed by atoms with Crippen LogP contribution in [0.15, 0.2) is 75.7 Å². The summed E-state index contributed by atoms with van der Waals surface area (Å²) in [7, 11) is 0. The van der Waals surface area contributed by atoms with Crippen molar-refractivity contribution in [3.63, 3.8) is 0 Å². The van der Waals surface area contributed by atoms with Gasteiger partial charge in [-0.2, -0.15) is 6.07 Å². The molecule has 0 unspecified atom stereocenters. The van der Waals surface area contributed by atoms with Crippen molar-refractivity contribution in [3.05, 3.63) is 105 Å². The van der Waals surface area contributed by atoms with E-state index < -0.39 is 0 Å². The third-order valence-corrected chi connectivity index (χ3v) is 11.1. The summed E-state index contributed by atoms with van der Waals surface area (Å²) in [5.74, 6) is 1.26. The van der Waals surface area contributed by atoms with E-state index in [-0.39, 0.29) is 56.6 Å². The molecule has 0 N–H and O–H groups in total. The first kappa shape index (κ1) is 40.7. The Balaban J connectivity index is 0.00000514. The standard InChI is InChI=1S/C45H52N5O4.Y/c1-6-10-11-14-48(9-4)25-33-16-34(28-53-38-12-13-39-41(21-38)46-23-36-19-31(7-2)26-49(36)44(39)51)18-35(17-33)29-54-43-22-42-40(15-30(43)5)45(52)50-27-32(8-3)20-37(50)24-47-42;/h7-8,13,15-18,21-24,36-37H,6,9-11,14,19-20,25-29H2,1-5H3;/q-1;/b31-7+,32-8+;/t36-,37-;/m0./s1. The fourth-order valence-corrected chi connectivity index (χ4v) is 7.88. The number of carbonyl (C=O) groups excluding carboxylic acids is 2. The molecule has 0 saturated carbocycles. The molecule has 4 aliphatic rings. The molecule has 9 nitrogen and oxygen atoms in total. The Morgan fingerprint density at radius 1 is 0.800 bits per heavy atom. The molecule has 0 bridgehead atoms. The third kappa shape index (κ3) is 9.22. The predicted octanol–water partition coefficient (Wildman–Crippen LogP) is 8.72. The largest absolute Gasteiger partial charge is 0.515 e. The summed E-state index contributed by atoms with van der Waals surface area (Å²) in [4.78, 5) is 42.7. The minimum atomic E-state index is -0.0252. The number of allylic oxidation sites excluding steroid dienone is 2. The van der Waals surface area contributed by atoms with Gasteiger partial charge in [-0.15, -0.1) is 12.1 Å². The van der Waals surface area contributed by atoms with Gasteiger partial charge >= 0.3 is 0 Å². The van der Waals surface area contributed by atoms with E-state index in [4.69, 9.17) is 19.5 Å². The number of amides is 2. The van der Waals surface area contributed by atoms with E-state index in [0.717, 1.165) is 49.2 Å². The van der Waals surface area contributed by atoms with Crippen molar-refractivity contribution in [2.45, 2.75) is 98.6 Å². The van der Waals surface area contributed by atoms with Gasteiger partial charge in [0.05, 0.1) is 23.3 Å². The molecule has 0 aromatic heterocycles. The maximum atomic E-state index is 13.6. The van der Waals surface area contributed by atoms with Gasteiger partial charge in [0.25, 0.3) is 5.91 Å². The Bertz CT molecular complexity index is 2040. The first-order valence-corrected chi connectivity index (χ1v) is 19.5. The van der Waals surface area contributed by atoms with Crippen molar-refractivity contribution in [2.24, 2.45) is 9.98 Å². The first-order chi connectivity index (χ1) is 26.3. The van der Waals surface area contributed by atoms with Gasteiger partial charge in [-0.25, -0.2) is 0 Å². The van der Waals surface area contributed by atoms with Crippen molar-refractivity contribution >= 4 is 35.6 Å². The average molecular weight is 816 g/mol. The zero-order valence-corrected chi connectivity index (χ0v) is 35.8. The number of rotatable bonds is 13. The number of carbonyl (C=O) groups is 2. The Kier molecular flexibility index (Phi) is 13.6. The molecule has 4 aliphatic heterocycles. The summed E-state index contributed by atoms with van der Waals surface area (Å²) in [6, 6.07) is 17.1. The van der Waals surface area contributed by atoms with Crippen molar-refractivity contribution in [3.8, 4) is 11.5 Å². The van der Waals surface area contributed by atoms with Gasteiger partial charge < -0.3 is 19.3 Å². The van der Waals surface area contributed by atoms with Gasteiger partial charge in [0.15, 0.2) is 0 Å². The molecule has 2 saturated heterocycles. The van der Waals surface area contributed by atoms with E-state index in [1.165, 1.54) is 36.0 Å². The molecule has 3 aromatic carbocycles. The number of hydrogen-bond donors (Lipinski definition) is 0. The van der Waals surface area contributed by atoms with E-state index in [2.05, 4.69) is 55.2 Å². The van der Waals surface area contributed by atoms with Crippen LogP contribution in [0.4, 0.5) is 11.4 Å². The number of hydrogen-bond acceptors (Lipinski definition) is 7. The molecule has 0 spiro atoms. The molecule has 0 aliphatic carbocycles. The van der Waals surface area contributed by atoms with Crippen molar-refractivity contribution < 1.29 is 51.8 Å². The summed E-state index contributed by atoms with van der Waals surface area (Å²) in [6.07, 6.45) is 13.2. The second-order valence-corrected chi connectivity index (χ2v) is 14.9. The number of unbranched alkanes of at least 4 members (excludes halogenated alkanes) is 2. The fraction of sp³-hybridized carbons (Fsp3) is 0.422. The van der Waals surface area contributed by atoms with Gasteiger partial charge in [-0.3, -0.25) is 24.5 Å². The second-order valence-electron chi connectivity index (χ2n) is 14.9. The topological polar surface area (TPSA) is 87.0 Å². The molecule has 2 amide bonds. The maximum absolute atomic E-state index is 13.6. The molecule has 4 heterocycles. The summed E-state index contributed by atoms with van der Waals surface area (Å²) < 4.78 is 12.8. The molecule has 2 atom stereocenters. The third-order valence-electron chi connectivity index (χ3n) is 11.1. The van der Waals surface area contributed by atoms with Gasteiger partial charge in [-0.1, -0.05) is 62.1 Å². The molecule has 3 aromatic rings. The molecule has 285 valence electrons. The van der Waals surface area contributed by atoms with Gasteiger partial charge in [0, 0.05) is 76.6 Å². The Morgan fingerprint density at radius 2 is 1.40 bits per heavy atom. The zero-order valence-electron chi connectivity index (χ0n) is 32.9. The number of aryl methyl sites for hydroxylation is 1. The fourth-order valence-electron chi connectivity index (χ4n) is 7.88. The van der Waals surface area contributed by atoms with Crippen LogP contribution in [-0.2, 0) is 52.5 Å². The quantitative estimate of drug-likeness (QED) is 0.0980. The van der Waals surface area contributed by atoms with Gasteiger partial charge in [0.1, 0.15) is 19.0 Å². The van der Waals surface area contributed by atoms with Crippen LogP contribution in [0, 0.1) is 13.0 Å². The van der Waals surface area contributed by atoms with E-state index in [0.29, 0.717) is 60.3 Å². The average Bonchev–Trinajstić information content (AvgIpc) is 3.75. The molecular weight excluding hydrogens is 763 g/mol. The number of nitrogens with zero attached hydrogens (tertiary/aromatic N) is 5. The number of ether oxygens (including phenoxy) is 2. The van der Waals surface area contributed by atoms with Crippen LogP contribution in [0.3, 0.4) is 0 Å². The van der Waals surface area contributed by atoms with Crippen molar-refractivity contribution in [2.75, 3.05) is 26.2 Å². The summed E-state index contributed by atoms with van der Waals surface area (Å²) >= 11 is 0. The van der Waals surface area contributed by atoms with E-state index >= 15 is 0 Å². The summed E-state index contributed by atoms with van der Waals surface area (Å²) in [6.45, 7) is 15.3. The van der Waals surface area contributed by atoms with Crippen LogP contribution in [0.5, 0.6) is 11.5 Å². The number of aliphatic imine (C=N–C) groups is 2. The number of fused-ring (bicyclic) bond motifs is 4. The number of benzene rings is 3.